The van der Waals surface area contributed by atoms with E-state index in [0.717, 1.165) is 10.9 Å². The lowest BCUT2D eigenvalue weighted by Crippen LogP contribution is -2.55. The van der Waals surface area contributed by atoms with Crippen LogP contribution in [0.4, 0.5) is 0 Å². The van der Waals surface area contributed by atoms with Gasteiger partial charge in [-0.05, 0) is 12.5 Å². The number of likely N-dealkylation sites (N-methyl/N-ethyl adjacent to an activating group) is 2. The van der Waals surface area contributed by atoms with E-state index in [1.807, 2.05) is 24.3 Å². The van der Waals surface area contributed by atoms with Crippen LogP contribution in [-0.2, 0) is 9.59 Å². The Balaban J connectivity index is 1.61. The summed E-state index contributed by atoms with van der Waals surface area (Å²) in [6, 6.07) is 7.41. The molecule has 3 heterocycles. The second-order valence-electron chi connectivity index (χ2n) is 7.16. The number of H-pyrrole nitrogens is 1. The number of piperidine rings is 1. The maximum absolute atomic E-state index is 13.1. The van der Waals surface area contributed by atoms with Gasteiger partial charge in [-0.2, -0.15) is 0 Å². The minimum atomic E-state index is -0.275. The number of aromatic amines is 1. The van der Waals surface area contributed by atoms with Gasteiger partial charge in [0.15, 0.2) is 0 Å². The third-order valence-electron chi connectivity index (χ3n) is 5.65. The highest BCUT2D eigenvalue weighted by atomic mass is 16.2. The fourth-order valence-corrected chi connectivity index (χ4v) is 4.08. The van der Waals surface area contributed by atoms with Crippen molar-refractivity contribution >= 4 is 28.6 Å². The fourth-order valence-electron chi connectivity index (χ4n) is 4.08. The van der Waals surface area contributed by atoms with Gasteiger partial charge in [-0.1, -0.05) is 18.2 Å². The van der Waals surface area contributed by atoms with Gasteiger partial charge in [0.25, 0.3) is 5.91 Å². The van der Waals surface area contributed by atoms with E-state index in [9.17, 15) is 14.4 Å². The summed E-state index contributed by atoms with van der Waals surface area (Å²) < 4.78 is 0. The van der Waals surface area contributed by atoms with Crippen LogP contribution in [0.1, 0.15) is 16.8 Å². The summed E-state index contributed by atoms with van der Waals surface area (Å²) in [6.07, 6.45) is 2.31. The number of benzene rings is 1. The summed E-state index contributed by atoms with van der Waals surface area (Å²) in [5.74, 6) is -0.406. The van der Waals surface area contributed by atoms with E-state index in [2.05, 4.69) is 4.98 Å². The van der Waals surface area contributed by atoms with Crippen LogP contribution in [0.3, 0.4) is 0 Å². The Morgan fingerprint density at radius 2 is 1.96 bits per heavy atom. The van der Waals surface area contributed by atoms with Crippen LogP contribution in [-0.4, -0.2) is 77.2 Å². The minimum Gasteiger partial charge on any atom is -0.360 e. The van der Waals surface area contributed by atoms with E-state index in [4.69, 9.17) is 0 Å². The molecule has 0 bridgehead atoms. The molecule has 7 nitrogen and oxygen atoms in total. The van der Waals surface area contributed by atoms with Crippen LogP contribution < -0.4 is 0 Å². The van der Waals surface area contributed by atoms with Crippen molar-refractivity contribution < 1.29 is 14.4 Å². The van der Waals surface area contributed by atoms with Crippen molar-refractivity contribution in [1.82, 2.24) is 19.7 Å². The minimum absolute atomic E-state index is 0.00751. The monoisotopic (exact) mass is 354 g/mol. The molecule has 3 amide bonds. The van der Waals surface area contributed by atoms with E-state index >= 15 is 0 Å². The Morgan fingerprint density at radius 3 is 2.77 bits per heavy atom. The number of nitrogens with zero attached hydrogens (tertiary/aromatic N) is 3. The third-order valence-corrected chi connectivity index (χ3v) is 5.65. The van der Waals surface area contributed by atoms with Crippen molar-refractivity contribution in [2.24, 2.45) is 5.92 Å². The number of aromatic nitrogens is 1. The Kier molecular flexibility index (Phi) is 3.94. The lowest BCUT2D eigenvalue weighted by Gasteiger charge is -2.40. The average Bonchev–Trinajstić information content (AvgIpc) is 3.06. The van der Waals surface area contributed by atoms with Crippen LogP contribution in [0, 0.1) is 5.92 Å². The molecule has 1 N–H and O–H groups in total. The van der Waals surface area contributed by atoms with Crippen molar-refractivity contribution in [2.45, 2.75) is 12.5 Å². The average molecular weight is 354 g/mol. The summed E-state index contributed by atoms with van der Waals surface area (Å²) in [7, 11) is 3.39. The summed E-state index contributed by atoms with van der Waals surface area (Å²) in [4.78, 5) is 46.0. The van der Waals surface area contributed by atoms with Gasteiger partial charge in [0.1, 0.15) is 0 Å². The van der Waals surface area contributed by atoms with Gasteiger partial charge >= 0.3 is 0 Å². The number of fused-ring (bicyclic) bond motifs is 2. The highest BCUT2D eigenvalue weighted by Gasteiger charge is 2.43. The van der Waals surface area contributed by atoms with Gasteiger partial charge in [0.05, 0.1) is 24.1 Å². The molecule has 2 atom stereocenters. The van der Waals surface area contributed by atoms with Gasteiger partial charge in [0.2, 0.25) is 11.8 Å². The lowest BCUT2D eigenvalue weighted by molar-refractivity contribution is -0.136. The van der Waals surface area contributed by atoms with Crippen LogP contribution >= 0.6 is 0 Å². The van der Waals surface area contributed by atoms with Crippen LogP contribution in [0.2, 0.25) is 0 Å². The number of para-hydroxylation sites is 1. The third kappa shape index (κ3) is 2.55. The second-order valence-corrected chi connectivity index (χ2v) is 7.16. The number of hydrogen-bond donors (Lipinski definition) is 1. The molecule has 2 fully saturated rings. The van der Waals surface area contributed by atoms with Crippen LogP contribution in [0.25, 0.3) is 10.9 Å². The zero-order valence-electron chi connectivity index (χ0n) is 14.9. The lowest BCUT2D eigenvalue weighted by atomic mass is 9.89. The maximum Gasteiger partial charge on any atom is 0.256 e. The second kappa shape index (κ2) is 6.16. The van der Waals surface area contributed by atoms with E-state index in [1.165, 1.54) is 4.90 Å². The largest absolute Gasteiger partial charge is 0.360 e. The molecule has 1 aromatic carbocycles. The first-order valence-electron chi connectivity index (χ1n) is 8.83. The molecular formula is C19H22N4O3. The molecule has 2 saturated heterocycles. The topological polar surface area (TPSA) is 76.7 Å². The van der Waals surface area contributed by atoms with Crippen LogP contribution in [0.15, 0.2) is 30.5 Å². The molecule has 0 radical (unpaired) electrons. The zero-order chi connectivity index (χ0) is 18.4. The molecule has 136 valence electrons. The normalized spacial score (nSPS) is 24.0. The Labute approximate surface area is 151 Å². The van der Waals surface area contributed by atoms with Gasteiger partial charge in [-0.3, -0.25) is 14.4 Å². The number of carbonyl (C=O) groups excluding carboxylic acids is 3. The molecular weight excluding hydrogens is 332 g/mol. The highest BCUT2D eigenvalue weighted by molar-refractivity contribution is 6.06. The molecule has 0 saturated carbocycles. The molecule has 2 aromatic rings. The summed E-state index contributed by atoms with van der Waals surface area (Å²) >= 11 is 0. The number of nitrogens with one attached hydrogen (secondary N) is 1. The number of amides is 3. The molecule has 4 rings (SSSR count). The van der Waals surface area contributed by atoms with E-state index in [-0.39, 0.29) is 36.2 Å². The van der Waals surface area contributed by atoms with Crippen molar-refractivity contribution in [2.75, 3.05) is 33.7 Å². The number of carbonyl (C=O) groups is 3. The van der Waals surface area contributed by atoms with E-state index in [1.54, 1.807) is 30.1 Å². The number of rotatable bonds is 1. The molecule has 7 heteroatoms. The quantitative estimate of drug-likeness (QED) is 0.828. The molecule has 26 heavy (non-hydrogen) atoms. The fraction of sp³-hybridized carbons (Fsp3) is 0.421. The molecule has 0 aliphatic carbocycles. The van der Waals surface area contributed by atoms with E-state index in [0.29, 0.717) is 25.1 Å². The number of likely N-dealkylation sites (tertiary alicyclic amines) is 1. The van der Waals surface area contributed by atoms with Crippen molar-refractivity contribution in [3.63, 3.8) is 0 Å². The highest BCUT2D eigenvalue weighted by Crippen LogP contribution is 2.28. The Bertz CT molecular complexity index is 890. The van der Waals surface area contributed by atoms with Gasteiger partial charge in [-0.25, -0.2) is 0 Å². The first-order chi connectivity index (χ1) is 12.5. The predicted molar refractivity (Wildman–Crippen MR) is 96.5 cm³/mol. The molecule has 2 aliphatic rings. The van der Waals surface area contributed by atoms with Crippen molar-refractivity contribution in [3.05, 3.63) is 36.0 Å². The predicted octanol–water partition coefficient (Wildman–Crippen LogP) is 0.929. The van der Waals surface area contributed by atoms with Crippen molar-refractivity contribution in [1.29, 1.82) is 0 Å². The molecule has 2 aliphatic heterocycles. The zero-order valence-corrected chi connectivity index (χ0v) is 14.9. The maximum atomic E-state index is 13.1. The summed E-state index contributed by atoms with van der Waals surface area (Å²) in [5, 5.41) is 0.890. The molecule has 0 unspecified atom stereocenters. The first kappa shape index (κ1) is 16.6. The van der Waals surface area contributed by atoms with E-state index < -0.39 is 0 Å². The summed E-state index contributed by atoms with van der Waals surface area (Å²) in [6.45, 7) is 0.991. The number of hydrogen-bond acceptors (Lipinski definition) is 3. The SMILES string of the molecule is CN1CC(=O)N(C)[C@@H]2CN(C(=O)c3c[nH]c4ccccc34)CC[C@@H]2C1=O. The standard InChI is InChI=1S/C19H22N4O3/c1-21-11-17(24)22(2)16-10-23(8-7-13(16)18(21)25)19(26)14-9-20-15-6-4-3-5-12(14)15/h3-6,9,13,16,20H,7-8,10-11H2,1-2H3/t13-,16+/m0/s1. The Hall–Kier alpha value is -2.83. The van der Waals surface area contributed by atoms with Gasteiger partial charge in [0, 0.05) is 44.3 Å². The smallest absolute Gasteiger partial charge is 0.256 e. The van der Waals surface area contributed by atoms with Gasteiger partial charge < -0.3 is 19.7 Å². The first-order valence-corrected chi connectivity index (χ1v) is 8.83. The van der Waals surface area contributed by atoms with Crippen molar-refractivity contribution in [3.8, 4) is 0 Å². The molecule has 0 spiro atoms. The van der Waals surface area contributed by atoms with Crippen LogP contribution in [0.5, 0.6) is 0 Å². The van der Waals surface area contributed by atoms with Gasteiger partial charge in [-0.15, -0.1) is 0 Å². The molecule has 1 aromatic heterocycles. The summed E-state index contributed by atoms with van der Waals surface area (Å²) in [5.41, 5.74) is 1.55. The Morgan fingerprint density at radius 1 is 1.19 bits per heavy atom.